The summed E-state index contributed by atoms with van der Waals surface area (Å²) in [5.41, 5.74) is 3.57. The van der Waals surface area contributed by atoms with E-state index in [2.05, 4.69) is 0 Å². The lowest BCUT2D eigenvalue weighted by Crippen LogP contribution is -2.51. The molecule has 4 aromatic rings. The van der Waals surface area contributed by atoms with Crippen LogP contribution in [-0.2, 0) is 25.6 Å². The minimum atomic E-state index is -1.48. The summed E-state index contributed by atoms with van der Waals surface area (Å²) in [6.45, 7) is 3.92. The van der Waals surface area contributed by atoms with Gasteiger partial charge in [-0.25, -0.2) is 9.80 Å². The maximum absolute atomic E-state index is 14.9. The van der Waals surface area contributed by atoms with E-state index in [1.165, 1.54) is 9.80 Å². The highest BCUT2D eigenvalue weighted by molar-refractivity contribution is 6.31. The summed E-state index contributed by atoms with van der Waals surface area (Å²) >= 11 is 0. The largest absolute Gasteiger partial charge is 0.274 e. The van der Waals surface area contributed by atoms with Gasteiger partial charge in [-0.2, -0.15) is 0 Å². The quantitative estimate of drug-likeness (QED) is 0.322. The fraction of sp³-hybridized carbons (Fsp3) is 0.200. The fourth-order valence-corrected chi connectivity index (χ4v) is 7.22. The standard InChI is InChI=1S/C35H28N2O4/c1-21-13-16-23(17-14-21)20-35-29(32(39)37(34(35)41)25-11-7-4-8-12-25)27-19-22(2)15-18-26(27)28-30(35)33(40)36(31(28)38)24-9-5-3-6-10-24/h3-19,28-30H,20H2,1-2H3. The zero-order chi connectivity index (χ0) is 28.5. The van der Waals surface area contributed by atoms with Crippen molar-refractivity contribution in [2.75, 3.05) is 9.80 Å². The van der Waals surface area contributed by atoms with Gasteiger partial charge in [0.05, 0.1) is 34.5 Å². The zero-order valence-electron chi connectivity index (χ0n) is 22.8. The second-order valence-corrected chi connectivity index (χ2v) is 11.4. The van der Waals surface area contributed by atoms with Gasteiger partial charge in [0.1, 0.15) is 0 Å². The monoisotopic (exact) mass is 540 g/mol. The third kappa shape index (κ3) is 3.50. The van der Waals surface area contributed by atoms with Gasteiger partial charge >= 0.3 is 0 Å². The van der Waals surface area contributed by atoms with Crippen molar-refractivity contribution in [2.45, 2.75) is 32.1 Å². The SMILES string of the molecule is Cc1ccc(CC23C(=O)N(c4ccccc4)C(=O)C2c2cc(C)ccc2C2C(=O)N(c4ccccc4)C(=O)C23)cc1. The van der Waals surface area contributed by atoms with Crippen molar-refractivity contribution in [1.82, 2.24) is 0 Å². The molecule has 6 nitrogen and oxygen atoms in total. The van der Waals surface area contributed by atoms with Crippen LogP contribution in [0.1, 0.15) is 39.7 Å². The Morgan fingerprint density at radius 1 is 0.610 bits per heavy atom. The van der Waals surface area contributed by atoms with E-state index in [-0.39, 0.29) is 18.2 Å². The number of imide groups is 2. The molecule has 1 aliphatic carbocycles. The molecule has 0 saturated carbocycles. The molecule has 2 saturated heterocycles. The van der Waals surface area contributed by atoms with Crippen LogP contribution in [-0.4, -0.2) is 23.6 Å². The van der Waals surface area contributed by atoms with E-state index in [0.29, 0.717) is 22.5 Å². The molecule has 4 aromatic carbocycles. The van der Waals surface area contributed by atoms with Crippen LogP contribution >= 0.6 is 0 Å². The number of aryl methyl sites for hydroxylation is 2. The summed E-state index contributed by atoms with van der Waals surface area (Å²) in [5.74, 6) is -4.44. The van der Waals surface area contributed by atoms with Crippen LogP contribution in [0.3, 0.4) is 0 Å². The van der Waals surface area contributed by atoms with Crippen molar-refractivity contribution in [3.05, 3.63) is 131 Å². The maximum Gasteiger partial charge on any atom is 0.242 e. The van der Waals surface area contributed by atoms with Gasteiger partial charge in [-0.1, -0.05) is 90.0 Å². The number of para-hydroxylation sites is 2. The molecule has 0 aromatic heterocycles. The van der Waals surface area contributed by atoms with Gasteiger partial charge in [-0.15, -0.1) is 0 Å². The Kier molecular flexibility index (Phi) is 5.58. The lowest BCUT2D eigenvalue weighted by Gasteiger charge is -2.43. The maximum atomic E-state index is 14.9. The first-order chi connectivity index (χ1) is 19.8. The van der Waals surface area contributed by atoms with Crippen molar-refractivity contribution in [3.63, 3.8) is 0 Å². The summed E-state index contributed by atoms with van der Waals surface area (Å²) < 4.78 is 0. The first-order valence-electron chi connectivity index (χ1n) is 13.9. The van der Waals surface area contributed by atoms with E-state index < -0.39 is 35.0 Å². The molecule has 4 amide bonds. The molecule has 3 aliphatic rings. The number of hydrogen-bond acceptors (Lipinski definition) is 4. The molecule has 0 N–H and O–H groups in total. The molecule has 4 unspecified atom stereocenters. The molecule has 0 spiro atoms. The molecule has 4 atom stereocenters. The molecule has 2 heterocycles. The number of anilines is 2. The minimum absolute atomic E-state index is 0.155. The average molecular weight is 541 g/mol. The Morgan fingerprint density at radius 3 is 1.83 bits per heavy atom. The minimum Gasteiger partial charge on any atom is -0.274 e. The highest BCUT2D eigenvalue weighted by atomic mass is 16.2. The van der Waals surface area contributed by atoms with E-state index in [1.807, 2.05) is 68.4 Å². The molecule has 202 valence electrons. The number of amides is 4. The third-order valence-corrected chi connectivity index (χ3v) is 8.98. The summed E-state index contributed by atoms with van der Waals surface area (Å²) in [7, 11) is 0. The first kappa shape index (κ1) is 25.1. The molecule has 2 aliphatic heterocycles. The highest BCUT2D eigenvalue weighted by Gasteiger charge is 2.73. The van der Waals surface area contributed by atoms with E-state index in [0.717, 1.165) is 16.7 Å². The predicted octanol–water partition coefficient (Wildman–Crippen LogP) is 5.48. The molecule has 6 heteroatoms. The van der Waals surface area contributed by atoms with Gasteiger partial charge in [0, 0.05) is 0 Å². The summed E-state index contributed by atoms with van der Waals surface area (Å²) in [5, 5.41) is 0. The molecule has 0 bridgehead atoms. The average Bonchev–Trinajstić information content (AvgIpc) is 3.37. The van der Waals surface area contributed by atoms with Crippen LogP contribution < -0.4 is 9.80 Å². The Labute approximate surface area is 238 Å². The van der Waals surface area contributed by atoms with Gasteiger partial charge in [0.2, 0.25) is 23.6 Å². The van der Waals surface area contributed by atoms with Gasteiger partial charge < -0.3 is 0 Å². The number of benzene rings is 4. The molecule has 41 heavy (non-hydrogen) atoms. The van der Waals surface area contributed by atoms with E-state index in [4.69, 9.17) is 0 Å². The van der Waals surface area contributed by atoms with Crippen molar-refractivity contribution >= 4 is 35.0 Å². The van der Waals surface area contributed by atoms with Crippen LogP contribution in [0.15, 0.2) is 103 Å². The zero-order valence-corrected chi connectivity index (χ0v) is 22.8. The Bertz CT molecular complexity index is 1730. The molecule has 0 radical (unpaired) electrons. The topological polar surface area (TPSA) is 74.8 Å². The molecule has 2 fully saturated rings. The number of nitrogens with zero attached hydrogens (tertiary/aromatic N) is 2. The van der Waals surface area contributed by atoms with Gasteiger partial charge in [0.15, 0.2) is 0 Å². The van der Waals surface area contributed by atoms with Crippen molar-refractivity contribution in [3.8, 4) is 0 Å². The van der Waals surface area contributed by atoms with Crippen molar-refractivity contribution in [1.29, 1.82) is 0 Å². The van der Waals surface area contributed by atoms with Gasteiger partial charge in [-0.05, 0) is 61.2 Å². The third-order valence-electron chi connectivity index (χ3n) is 8.98. The molecule has 7 rings (SSSR count). The van der Waals surface area contributed by atoms with E-state index in [1.54, 1.807) is 48.5 Å². The first-order valence-corrected chi connectivity index (χ1v) is 13.9. The lowest BCUT2D eigenvalue weighted by molar-refractivity contribution is -0.138. The highest BCUT2D eigenvalue weighted by Crippen LogP contribution is 2.63. The summed E-state index contributed by atoms with van der Waals surface area (Å²) in [6, 6.07) is 31.2. The lowest BCUT2D eigenvalue weighted by atomic mass is 9.54. The van der Waals surface area contributed by atoms with Crippen molar-refractivity contribution in [2.24, 2.45) is 11.3 Å². The van der Waals surface area contributed by atoms with Crippen LogP contribution in [0.5, 0.6) is 0 Å². The molecular formula is C35H28N2O4. The summed E-state index contributed by atoms with van der Waals surface area (Å²) in [6.07, 6.45) is 0.155. The second-order valence-electron chi connectivity index (χ2n) is 11.4. The Hall–Kier alpha value is -4.84. The normalized spacial score (nSPS) is 24.9. The van der Waals surface area contributed by atoms with Gasteiger partial charge in [-0.3, -0.25) is 19.2 Å². The van der Waals surface area contributed by atoms with Crippen LogP contribution in [0.2, 0.25) is 0 Å². The Morgan fingerprint density at radius 2 is 1.20 bits per heavy atom. The smallest absolute Gasteiger partial charge is 0.242 e. The number of hydrogen-bond donors (Lipinski definition) is 0. The number of rotatable bonds is 4. The number of carbonyl (C=O) groups is 4. The second kappa shape index (κ2) is 9.10. The van der Waals surface area contributed by atoms with E-state index >= 15 is 0 Å². The number of carbonyl (C=O) groups excluding carboxylic acids is 4. The number of fused-ring (bicyclic) bond motifs is 6. The van der Waals surface area contributed by atoms with Crippen molar-refractivity contribution < 1.29 is 19.2 Å². The Balaban J connectivity index is 1.52. The van der Waals surface area contributed by atoms with Crippen LogP contribution in [0.25, 0.3) is 0 Å². The van der Waals surface area contributed by atoms with E-state index in [9.17, 15) is 19.2 Å². The fourth-order valence-electron chi connectivity index (χ4n) is 7.22. The van der Waals surface area contributed by atoms with Gasteiger partial charge in [0.25, 0.3) is 0 Å². The van der Waals surface area contributed by atoms with Crippen LogP contribution in [0.4, 0.5) is 11.4 Å². The predicted molar refractivity (Wildman–Crippen MR) is 155 cm³/mol. The molecular weight excluding hydrogens is 512 g/mol. The summed E-state index contributed by atoms with van der Waals surface area (Å²) in [4.78, 5) is 60.7. The van der Waals surface area contributed by atoms with Crippen LogP contribution in [0, 0.1) is 25.2 Å².